The van der Waals surface area contributed by atoms with Crippen LogP contribution in [0.4, 0.5) is 0 Å². The fourth-order valence-electron chi connectivity index (χ4n) is 1.84. The number of nitrogens with two attached hydrogens (primary N) is 1. The molecule has 1 rings (SSSR count). The van der Waals surface area contributed by atoms with Crippen LogP contribution >= 0.6 is 11.3 Å². The number of Topliss-reactive ketones (excluding diaryl/α,β-unsaturated/α-hetero) is 1. The highest BCUT2D eigenvalue weighted by Crippen LogP contribution is 2.20. The van der Waals surface area contributed by atoms with Crippen molar-refractivity contribution in [3.05, 3.63) is 15.6 Å². The number of nitrogens with zero attached hydrogens (tertiary/aromatic N) is 1. The van der Waals surface area contributed by atoms with Crippen molar-refractivity contribution in [3.63, 3.8) is 0 Å². The lowest BCUT2D eigenvalue weighted by atomic mass is 9.92. The van der Waals surface area contributed by atoms with Crippen molar-refractivity contribution in [1.29, 1.82) is 0 Å². The van der Waals surface area contributed by atoms with Gasteiger partial charge in [-0.3, -0.25) is 4.79 Å². The first-order valence-electron chi connectivity index (χ1n) is 6.09. The molecule has 1 heterocycles. The van der Waals surface area contributed by atoms with Gasteiger partial charge >= 0.3 is 0 Å². The molecule has 1 unspecified atom stereocenters. The average molecular weight is 254 g/mol. The highest BCUT2D eigenvalue weighted by Gasteiger charge is 2.19. The van der Waals surface area contributed by atoms with E-state index in [1.807, 2.05) is 13.8 Å². The molecule has 0 bridgehead atoms. The third-order valence-electron chi connectivity index (χ3n) is 2.89. The molecular weight excluding hydrogens is 232 g/mol. The summed E-state index contributed by atoms with van der Waals surface area (Å²) in [6.07, 6.45) is 1.31. The summed E-state index contributed by atoms with van der Waals surface area (Å²) in [6.45, 7) is 8.70. The number of carbonyl (C=O) groups is 1. The summed E-state index contributed by atoms with van der Waals surface area (Å²) in [4.78, 5) is 17.7. The van der Waals surface area contributed by atoms with Gasteiger partial charge in [0.1, 0.15) is 10.8 Å². The van der Waals surface area contributed by atoms with Gasteiger partial charge in [-0.1, -0.05) is 13.8 Å². The average Bonchev–Trinajstić information content (AvgIpc) is 2.54. The predicted octanol–water partition coefficient (Wildman–Crippen LogP) is 2.49. The van der Waals surface area contributed by atoms with Crippen LogP contribution < -0.4 is 5.73 Å². The molecule has 0 aliphatic carbocycles. The van der Waals surface area contributed by atoms with E-state index >= 15 is 0 Å². The number of carbonyl (C=O) groups excluding carboxylic acids is 1. The summed E-state index contributed by atoms with van der Waals surface area (Å²) >= 11 is 1.62. The molecule has 0 aliphatic rings. The van der Waals surface area contributed by atoms with Crippen molar-refractivity contribution in [2.75, 3.05) is 6.54 Å². The first kappa shape index (κ1) is 14.3. The van der Waals surface area contributed by atoms with Crippen LogP contribution in [-0.2, 0) is 11.2 Å². The van der Waals surface area contributed by atoms with E-state index in [0.717, 1.165) is 17.1 Å². The number of ketones is 1. The van der Waals surface area contributed by atoms with Gasteiger partial charge in [0.2, 0.25) is 0 Å². The Morgan fingerprint density at radius 1 is 1.41 bits per heavy atom. The first-order chi connectivity index (χ1) is 7.93. The van der Waals surface area contributed by atoms with E-state index in [1.165, 1.54) is 4.88 Å². The van der Waals surface area contributed by atoms with E-state index < -0.39 is 0 Å². The number of thiazole rings is 1. The van der Waals surface area contributed by atoms with Gasteiger partial charge in [0.05, 0.1) is 12.1 Å². The van der Waals surface area contributed by atoms with E-state index in [0.29, 0.717) is 18.9 Å². The van der Waals surface area contributed by atoms with Crippen LogP contribution in [0.1, 0.15) is 35.8 Å². The molecule has 3 nitrogen and oxygen atoms in total. The van der Waals surface area contributed by atoms with Crippen molar-refractivity contribution in [2.45, 2.75) is 40.5 Å². The van der Waals surface area contributed by atoms with Gasteiger partial charge in [-0.25, -0.2) is 4.98 Å². The molecule has 1 aromatic rings. The molecule has 1 aromatic heterocycles. The molecule has 1 atom stereocenters. The fraction of sp³-hybridized carbons (Fsp3) is 0.692. The molecule has 0 fully saturated rings. The summed E-state index contributed by atoms with van der Waals surface area (Å²) in [5, 5.41) is 0.923. The SMILES string of the molecule is Cc1nc(CC(=O)C(CN)CC(C)C)sc1C. The van der Waals surface area contributed by atoms with E-state index in [2.05, 4.69) is 18.8 Å². The van der Waals surface area contributed by atoms with Gasteiger partial charge in [-0.2, -0.15) is 0 Å². The number of rotatable bonds is 6. The second-order valence-corrected chi connectivity index (χ2v) is 6.24. The van der Waals surface area contributed by atoms with Crippen molar-refractivity contribution >= 4 is 17.1 Å². The van der Waals surface area contributed by atoms with Crippen molar-refractivity contribution < 1.29 is 4.79 Å². The maximum absolute atomic E-state index is 12.1. The van der Waals surface area contributed by atoms with Gasteiger partial charge < -0.3 is 5.73 Å². The van der Waals surface area contributed by atoms with Crippen LogP contribution in [0.15, 0.2) is 0 Å². The van der Waals surface area contributed by atoms with Crippen LogP contribution in [0.5, 0.6) is 0 Å². The second kappa shape index (κ2) is 6.26. The minimum absolute atomic E-state index is 0.0143. The molecule has 0 amide bonds. The minimum Gasteiger partial charge on any atom is -0.330 e. The number of aryl methyl sites for hydroxylation is 2. The summed E-state index contributed by atoms with van der Waals surface area (Å²) in [5.41, 5.74) is 6.71. The molecule has 0 aromatic carbocycles. The van der Waals surface area contributed by atoms with E-state index in [1.54, 1.807) is 11.3 Å². The lowest BCUT2D eigenvalue weighted by Gasteiger charge is -2.14. The molecule has 4 heteroatoms. The Kier molecular flexibility index (Phi) is 5.28. The largest absolute Gasteiger partial charge is 0.330 e. The monoisotopic (exact) mass is 254 g/mol. The minimum atomic E-state index is -0.0143. The van der Waals surface area contributed by atoms with Gasteiger partial charge in [0, 0.05) is 17.3 Å². The summed E-state index contributed by atoms with van der Waals surface area (Å²) in [5.74, 6) is 0.724. The van der Waals surface area contributed by atoms with E-state index in [-0.39, 0.29) is 11.7 Å². The quantitative estimate of drug-likeness (QED) is 0.848. The highest BCUT2D eigenvalue weighted by atomic mass is 32.1. The Labute approximate surface area is 107 Å². The van der Waals surface area contributed by atoms with Gasteiger partial charge in [0.25, 0.3) is 0 Å². The highest BCUT2D eigenvalue weighted by molar-refractivity contribution is 7.11. The van der Waals surface area contributed by atoms with Gasteiger partial charge in [-0.15, -0.1) is 11.3 Å². The fourth-order valence-corrected chi connectivity index (χ4v) is 2.78. The molecular formula is C13H22N2OS. The zero-order valence-electron chi connectivity index (χ0n) is 11.1. The predicted molar refractivity (Wildman–Crippen MR) is 72.3 cm³/mol. The summed E-state index contributed by atoms with van der Waals surface area (Å²) in [6, 6.07) is 0. The lowest BCUT2D eigenvalue weighted by Crippen LogP contribution is -2.26. The van der Waals surface area contributed by atoms with E-state index in [9.17, 15) is 4.79 Å². The molecule has 96 valence electrons. The zero-order valence-corrected chi connectivity index (χ0v) is 11.9. The van der Waals surface area contributed by atoms with Crippen molar-refractivity contribution in [2.24, 2.45) is 17.6 Å². The van der Waals surface area contributed by atoms with Crippen molar-refractivity contribution in [1.82, 2.24) is 4.98 Å². The molecule has 0 spiro atoms. The third kappa shape index (κ3) is 4.21. The van der Waals surface area contributed by atoms with E-state index in [4.69, 9.17) is 5.73 Å². The molecule has 0 saturated carbocycles. The Bertz CT molecular complexity index is 365. The molecule has 0 aliphatic heterocycles. The van der Waals surface area contributed by atoms with Crippen molar-refractivity contribution in [3.8, 4) is 0 Å². The second-order valence-electron chi connectivity index (χ2n) is 4.95. The molecule has 17 heavy (non-hydrogen) atoms. The Morgan fingerprint density at radius 2 is 2.06 bits per heavy atom. The molecule has 2 N–H and O–H groups in total. The first-order valence-corrected chi connectivity index (χ1v) is 6.91. The lowest BCUT2D eigenvalue weighted by molar-refractivity contribution is -0.122. The molecule has 0 saturated heterocycles. The summed E-state index contributed by atoms with van der Waals surface area (Å²) < 4.78 is 0. The van der Waals surface area contributed by atoms with Crippen LogP contribution in [0.2, 0.25) is 0 Å². The van der Waals surface area contributed by atoms with Crippen LogP contribution in [-0.4, -0.2) is 17.3 Å². The number of hydrogen-bond donors (Lipinski definition) is 1. The Morgan fingerprint density at radius 3 is 2.47 bits per heavy atom. The summed E-state index contributed by atoms with van der Waals surface area (Å²) in [7, 11) is 0. The van der Waals surface area contributed by atoms with Gasteiger partial charge in [-0.05, 0) is 26.2 Å². The van der Waals surface area contributed by atoms with Gasteiger partial charge in [0.15, 0.2) is 0 Å². The molecule has 0 radical (unpaired) electrons. The zero-order chi connectivity index (χ0) is 13.0. The smallest absolute Gasteiger partial charge is 0.144 e. The van der Waals surface area contributed by atoms with Crippen LogP contribution in [0, 0.1) is 25.7 Å². The number of aromatic nitrogens is 1. The Hall–Kier alpha value is -0.740. The van der Waals surface area contributed by atoms with Crippen LogP contribution in [0.25, 0.3) is 0 Å². The normalized spacial score (nSPS) is 13.1. The number of hydrogen-bond acceptors (Lipinski definition) is 4. The third-order valence-corrected chi connectivity index (χ3v) is 3.97. The Balaban J connectivity index is 2.63. The van der Waals surface area contributed by atoms with Crippen LogP contribution in [0.3, 0.4) is 0 Å². The maximum Gasteiger partial charge on any atom is 0.144 e. The standard InChI is InChI=1S/C13H22N2OS/c1-8(2)5-11(7-14)12(16)6-13-15-9(3)10(4)17-13/h8,11H,5-7,14H2,1-4H3. The topological polar surface area (TPSA) is 56.0 Å². The maximum atomic E-state index is 12.1.